The molecule has 7 heteroatoms. The molecule has 1 fully saturated rings. The van der Waals surface area contributed by atoms with Crippen LogP contribution in [0.3, 0.4) is 0 Å². The molecule has 6 rings (SSSR count). The molecule has 1 aromatic heterocycles. The normalized spacial score (nSPS) is 17.0. The highest BCUT2D eigenvalue weighted by Crippen LogP contribution is 2.33. The van der Waals surface area contributed by atoms with E-state index in [9.17, 15) is 4.79 Å². The van der Waals surface area contributed by atoms with E-state index < -0.39 is 5.60 Å². The quantitative estimate of drug-likeness (QED) is 0.181. The summed E-state index contributed by atoms with van der Waals surface area (Å²) in [6.45, 7) is 7.46. The number of carbonyl (C=O) groups is 1. The van der Waals surface area contributed by atoms with Gasteiger partial charge in [0.1, 0.15) is 23.7 Å². The number of piperidine rings is 1. The molecule has 7 nitrogen and oxygen atoms in total. The SMILES string of the molecule is CC(C)(C)OC(=O)N1CCC(c2ccc(OCc3cc(-c4ccccc4)no3)cc2)C(OCc2ccc3ccccc3c2)C1. The van der Waals surface area contributed by atoms with Crippen molar-refractivity contribution in [3.8, 4) is 17.0 Å². The lowest BCUT2D eigenvalue weighted by Gasteiger charge is -2.39. The van der Waals surface area contributed by atoms with Crippen LogP contribution in [0.5, 0.6) is 5.75 Å². The van der Waals surface area contributed by atoms with Crippen LogP contribution in [0.1, 0.15) is 50.0 Å². The second kappa shape index (κ2) is 12.9. The molecule has 1 amide bonds. The summed E-state index contributed by atoms with van der Waals surface area (Å²) in [4.78, 5) is 14.7. The lowest BCUT2D eigenvalue weighted by Crippen LogP contribution is -2.48. The molecule has 1 aliphatic heterocycles. The second-order valence-electron chi connectivity index (χ2n) is 12.3. The van der Waals surface area contributed by atoms with Crippen molar-refractivity contribution in [1.29, 1.82) is 0 Å². The Morgan fingerprint density at radius 3 is 2.41 bits per heavy atom. The highest BCUT2D eigenvalue weighted by molar-refractivity contribution is 5.83. The van der Waals surface area contributed by atoms with Gasteiger partial charge in [-0.05, 0) is 67.3 Å². The van der Waals surface area contributed by atoms with Crippen molar-refractivity contribution < 1.29 is 23.5 Å². The molecule has 5 aromatic rings. The van der Waals surface area contributed by atoms with E-state index in [0.29, 0.717) is 25.5 Å². The first kappa shape index (κ1) is 29.5. The number of likely N-dealkylation sites (tertiary alicyclic amines) is 1. The van der Waals surface area contributed by atoms with E-state index in [1.165, 1.54) is 10.8 Å². The van der Waals surface area contributed by atoms with Crippen LogP contribution < -0.4 is 4.74 Å². The molecule has 226 valence electrons. The number of ether oxygens (including phenoxy) is 3. The Morgan fingerprint density at radius 1 is 0.886 bits per heavy atom. The Bertz CT molecular complexity index is 1690. The van der Waals surface area contributed by atoms with E-state index in [2.05, 4.69) is 47.6 Å². The average molecular weight is 591 g/mol. The number of hydrogen-bond acceptors (Lipinski definition) is 6. The van der Waals surface area contributed by atoms with Gasteiger partial charge >= 0.3 is 6.09 Å². The predicted molar refractivity (Wildman–Crippen MR) is 170 cm³/mol. The smallest absolute Gasteiger partial charge is 0.410 e. The molecule has 1 aliphatic rings. The van der Waals surface area contributed by atoms with Crippen molar-refractivity contribution in [2.75, 3.05) is 13.1 Å². The zero-order chi connectivity index (χ0) is 30.5. The molecular formula is C37H38N2O5. The molecule has 0 bridgehead atoms. The van der Waals surface area contributed by atoms with Gasteiger partial charge in [-0.25, -0.2) is 4.79 Å². The maximum Gasteiger partial charge on any atom is 0.410 e. The molecule has 4 aromatic carbocycles. The number of fused-ring (bicyclic) bond motifs is 1. The third-order valence-corrected chi connectivity index (χ3v) is 7.81. The summed E-state index contributed by atoms with van der Waals surface area (Å²) >= 11 is 0. The summed E-state index contributed by atoms with van der Waals surface area (Å²) in [6.07, 6.45) is 0.268. The van der Waals surface area contributed by atoms with Gasteiger partial charge in [0, 0.05) is 24.1 Å². The number of benzene rings is 4. The predicted octanol–water partition coefficient (Wildman–Crippen LogP) is 8.38. The van der Waals surface area contributed by atoms with E-state index >= 15 is 0 Å². The van der Waals surface area contributed by atoms with Crippen molar-refractivity contribution in [2.45, 2.75) is 58.0 Å². The van der Waals surface area contributed by atoms with Gasteiger partial charge in [0.2, 0.25) is 0 Å². The zero-order valence-electron chi connectivity index (χ0n) is 25.4. The minimum atomic E-state index is -0.556. The van der Waals surface area contributed by atoms with Crippen LogP contribution >= 0.6 is 0 Å². The Balaban J connectivity index is 1.13. The van der Waals surface area contributed by atoms with Gasteiger partial charge < -0.3 is 23.6 Å². The number of amides is 1. The minimum absolute atomic E-state index is 0.117. The topological polar surface area (TPSA) is 74.0 Å². The Labute approximate surface area is 258 Å². The first-order valence-corrected chi connectivity index (χ1v) is 15.1. The van der Waals surface area contributed by atoms with Crippen LogP contribution in [0, 0.1) is 0 Å². The number of nitrogens with zero attached hydrogens (tertiary/aromatic N) is 2. The molecule has 0 saturated carbocycles. The minimum Gasteiger partial charge on any atom is -0.486 e. The summed E-state index contributed by atoms with van der Waals surface area (Å²) < 4.78 is 23.8. The summed E-state index contributed by atoms with van der Waals surface area (Å²) in [5.41, 5.74) is 3.48. The van der Waals surface area contributed by atoms with Gasteiger partial charge in [-0.1, -0.05) is 84.0 Å². The Hall–Kier alpha value is -4.62. The monoisotopic (exact) mass is 590 g/mol. The standard InChI is InChI=1S/C37H38N2O5/c1-37(2,3)43-36(40)39-20-19-33(35(23-39)42-24-26-13-14-27-9-7-8-12-30(27)21-26)28-15-17-31(18-16-28)41-25-32-22-34(38-44-32)29-10-5-4-6-11-29/h4-18,21-22,33,35H,19-20,23-25H2,1-3H3. The van der Waals surface area contributed by atoms with E-state index in [-0.39, 0.29) is 24.7 Å². The van der Waals surface area contributed by atoms with E-state index in [1.807, 2.05) is 81.4 Å². The van der Waals surface area contributed by atoms with Crippen molar-refractivity contribution >= 4 is 16.9 Å². The molecule has 2 atom stereocenters. The fraction of sp³-hybridized carbons (Fsp3) is 0.297. The highest BCUT2D eigenvalue weighted by atomic mass is 16.6. The number of rotatable bonds is 8. The molecule has 2 unspecified atom stereocenters. The van der Waals surface area contributed by atoms with Crippen molar-refractivity contribution in [1.82, 2.24) is 10.1 Å². The van der Waals surface area contributed by atoms with Gasteiger partial charge in [0.25, 0.3) is 0 Å². The first-order chi connectivity index (χ1) is 21.3. The third-order valence-electron chi connectivity index (χ3n) is 7.81. The Kier molecular flexibility index (Phi) is 8.66. The summed E-state index contributed by atoms with van der Waals surface area (Å²) in [6, 6.07) is 34.7. The van der Waals surface area contributed by atoms with Crippen LogP contribution in [0.25, 0.3) is 22.0 Å². The largest absolute Gasteiger partial charge is 0.486 e. The molecular weight excluding hydrogens is 552 g/mol. The third kappa shape index (κ3) is 7.29. The number of carbonyl (C=O) groups excluding carboxylic acids is 1. The van der Waals surface area contributed by atoms with Gasteiger partial charge in [0.15, 0.2) is 5.76 Å². The second-order valence-corrected chi connectivity index (χ2v) is 12.3. The highest BCUT2D eigenvalue weighted by Gasteiger charge is 2.35. The van der Waals surface area contributed by atoms with Crippen molar-refractivity contribution in [3.05, 3.63) is 120 Å². The van der Waals surface area contributed by atoms with Crippen molar-refractivity contribution in [2.24, 2.45) is 0 Å². The molecule has 2 heterocycles. The Morgan fingerprint density at radius 2 is 1.64 bits per heavy atom. The molecule has 1 saturated heterocycles. The summed E-state index contributed by atoms with van der Waals surface area (Å²) in [5.74, 6) is 1.52. The fourth-order valence-electron chi connectivity index (χ4n) is 5.58. The van der Waals surface area contributed by atoms with Crippen LogP contribution in [0.15, 0.2) is 108 Å². The van der Waals surface area contributed by atoms with Crippen LogP contribution in [0.2, 0.25) is 0 Å². The fourth-order valence-corrected chi connectivity index (χ4v) is 5.58. The van der Waals surface area contributed by atoms with Crippen LogP contribution in [-0.4, -0.2) is 40.9 Å². The average Bonchev–Trinajstić information content (AvgIpc) is 3.52. The molecule has 0 spiro atoms. The molecule has 0 N–H and O–H groups in total. The maximum absolute atomic E-state index is 13.0. The lowest BCUT2D eigenvalue weighted by atomic mass is 9.87. The summed E-state index contributed by atoms with van der Waals surface area (Å²) in [5, 5.41) is 6.55. The van der Waals surface area contributed by atoms with E-state index in [1.54, 1.807) is 4.90 Å². The van der Waals surface area contributed by atoms with Crippen LogP contribution in [0.4, 0.5) is 4.79 Å². The summed E-state index contributed by atoms with van der Waals surface area (Å²) in [7, 11) is 0. The van der Waals surface area contributed by atoms with Crippen molar-refractivity contribution in [3.63, 3.8) is 0 Å². The zero-order valence-corrected chi connectivity index (χ0v) is 25.4. The van der Waals surface area contributed by atoms with Gasteiger partial charge in [-0.3, -0.25) is 0 Å². The van der Waals surface area contributed by atoms with Gasteiger partial charge in [-0.15, -0.1) is 0 Å². The maximum atomic E-state index is 13.0. The van der Waals surface area contributed by atoms with E-state index in [0.717, 1.165) is 34.6 Å². The van der Waals surface area contributed by atoms with E-state index in [4.69, 9.17) is 18.7 Å². The molecule has 0 radical (unpaired) electrons. The first-order valence-electron chi connectivity index (χ1n) is 15.1. The number of hydrogen-bond donors (Lipinski definition) is 0. The lowest BCUT2D eigenvalue weighted by molar-refractivity contribution is -0.0359. The molecule has 0 aliphatic carbocycles. The van der Waals surface area contributed by atoms with Crippen LogP contribution in [-0.2, 0) is 22.7 Å². The number of aromatic nitrogens is 1. The van der Waals surface area contributed by atoms with Gasteiger partial charge in [0.05, 0.1) is 19.3 Å². The molecule has 44 heavy (non-hydrogen) atoms. The van der Waals surface area contributed by atoms with Gasteiger partial charge in [-0.2, -0.15) is 0 Å².